The molecule has 0 heterocycles. The van der Waals surface area contributed by atoms with Gasteiger partial charge in [-0.2, -0.15) is 0 Å². The molecule has 0 bridgehead atoms. The number of hydrogen-bond donors (Lipinski definition) is 1. The fourth-order valence-corrected chi connectivity index (χ4v) is 2.90. The van der Waals surface area contributed by atoms with Crippen LogP contribution in [0.15, 0.2) is 42.5 Å². The summed E-state index contributed by atoms with van der Waals surface area (Å²) in [5.41, 5.74) is 2.58. The minimum atomic E-state index is 0.488. The summed E-state index contributed by atoms with van der Waals surface area (Å²) < 4.78 is 16.8. The SMILES string of the molecule is CCNCCN(C)c1ccc(OCCCOCc2ccccc2OC)c(C=O)c1. The van der Waals surface area contributed by atoms with Crippen LogP contribution in [-0.2, 0) is 11.3 Å². The van der Waals surface area contributed by atoms with Crippen molar-refractivity contribution in [3.63, 3.8) is 0 Å². The Balaban J connectivity index is 1.76. The number of ether oxygens (including phenoxy) is 3. The molecular formula is C23H32N2O4. The highest BCUT2D eigenvalue weighted by atomic mass is 16.5. The first-order chi connectivity index (χ1) is 14.2. The molecule has 0 aromatic heterocycles. The Bertz CT molecular complexity index is 751. The summed E-state index contributed by atoms with van der Waals surface area (Å²) in [5.74, 6) is 1.43. The lowest BCUT2D eigenvalue weighted by Crippen LogP contribution is -2.28. The maximum Gasteiger partial charge on any atom is 0.153 e. The molecule has 0 aliphatic rings. The first kappa shape index (κ1) is 22.7. The van der Waals surface area contributed by atoms with E-state index in [1.54, 1.807) is 7.11 Å². The quantitative estimate of drug-likeness (QED) is 0.387. The molecule has 0 spiro atoms. The highest BCUT2D eigenvalue weighted by Crippen LogP contribution is 2.23. The molecule has 0 aliphatic carbocycles. The fourth-order valence-electron chi connectivity index (χ4n) is 2.90. The number of rotatable bonds is 14. The minimum absolute atomic E-state index is 0.488. The maximum absolute atomic E-state index is 11.5. The smallest absolute Gasteiger partial charge is 0.153 e. The van der Waals surface area contributed by atoms with E-state index in [9.17, 15) is 4.79 Å². The standard InChI is InChI=1S/C23H32N2O4/c1-4-24-12-13-25(2)21-10-11-23(20(16-21)17-26)29-15-7-14-28-18-19-8-5-6-9-22(19)27-3/h5-6,8-11,16-17,24H,4,7,12-15,18H2,1-3H3. The first-order valence-electron chi connectivity index (χ1n) is 10.0. The number of benzene rings is 2. The molecule has 158 valence electrons. The Morgan fingerprint density at radius 3 is 2.69 bits per heavy atom. The number of carbonyl (C=O) groups excluding carboxylic acids is 1. The van der Waals surface area contributed by atoms with Crippen LogP contribution < -0.4 is 19.7 Å². The average molecular weight is 401 g/mol. The zero-order valence-electron chi connectivity index (χ0n) is 17.6. The average Bonchev–Trinajstić information content (AvgIpc) is 2.76. The predicted molar refractivity (Wildman–Crippen MR) is 116 cm³/mol. The Kier molecular flexibility index (Phi) is 10.0. The summed E-state index contributed by atoms with van der Waals surface area (Å²) in [6.07, 6.45) is 1.58. The van der Waals surface area contributed by atoms with Gasteiger partial charge >= 0.3 is 0 Å². The van der Waals surface area contributed by atoms with Crippen molar-refractivity contribution < 1.29 is 19.0 Å². The van der Waals surface area contributed by atoms with Crippen LogP contribution in [0.4, 0.5) is 5.69 Å². The van der Waals surface area contributed by atoms with Crippen molar-refractivity contribution in [3.05, 3.63) is 53.6 Å². The lowest BCUT2D eigenvalue weighted by Gasteiger charge is -2.20. The molecule has 0 saturated heterocycles. The maximum atomic E-state index is 11.5. The van der Waals surface area contributed by atoms with E-state index >= 15 is 0 Å². The Morgan fingerprint density at radius 1 is 1.10 bits per heavy atom. The molecule has 1 N–H and O–H groups in total. The van der Waals surface area contributed by atoms with Gasteiger partial charge in [-0.25, -0.2) is 0 Å². The monoisotopic (exact) mass is 400 g/mol. The first-order valence-corrected chi connectivity index (χ1v) is 10.0. The van der Waals surface area contributed by atoms with Gasteiger partial charge in [0.1, 0.15) is 11.5 Å². The van der Waals surface area contributed by atoms with Crippen molar-refractivity contribution in [2.24, 2.45) is 0 Å². The third-order valence-corrected chi connectivity index (χ3v) is 4.58. The van der Waals surface area contributed by atoms with Crippen LogP contribution in [0.2, 0.25) is 0 Å². The molecule has 0 atom stereocenters. The fraction of sp³-hybridized carbons (Fsp3) is 0.435. The van der Waals surface area contributed by atoms with Crippen molar-refractivity contribution >= 4 is 12.0 Å². The second kappa shape index (κ2) is 12.8. The van der Waals surface area contributed by atoms with Crippen molar-refractivity contribution in [1.29, 1.82) is 0 Å². The van der Waals surface area contributed by atoms with Crippen molar-refractivity contribution in [1.82, 2.24) is 5.32 Å². The zero-order chi connectivity index (χ0) is 20.9. The van der Waals surface area contributed by atoms with Crippen LogP contribution in [0, 0.1) is 0 Å². The van der Waals surface area contributed by atoms with E-state index in [2.05, 4.69) is 17.1 Å². The second-order valence-corrected chi connectivity index (χ2v) is 6.68. The Hall–Kier alpha value is -2.57. The van der Waals surface area contributed by atoms with Crippen LogP contribution in [0.25, 0.3) is 0 Å². The van der Waals surface area contributed by atoms with E-state index < -0.39 is 0 Å². The van der Waals surface area contributed by atoms with Crippen LogP contribution in [0.3, 0.4) is 0 Å². The van der Waals surface area contributed by atoms with Gasteiger partial charge in [-0.1, -0.05) is 25.1 Å². The van der Waals surface area contributed by atoms with Gasteiger partial charge in [-0.15, -0.1) is 0 Å². The van der Waals surface area contributed by atoms with Gasteiger partial charge in [0.25, 0.3) is 0 Å². The van der Waals surface area contributed by atoms with Gasteiger partial charge in [-0.3, -0.25) is 4.79 Å². The Morgan fingerprint density at radius 2 is 1.93 bits per heavy atom. The summed E-state index contributed by atoms with van der Waals surface area (Å²) >= 11 is 0. The van der Waals surface area contributed by atoms with E-state index in [1.807, 2.05) is 49.5 Å². The summed E-state index contributed by atoms with van der Waals surface area (Å²) in [6.45, 7) is 6.36. The van der Waals surface area contributed by atoms with Crippen LogP contribution >= 0.6 is 0 Å². The highest BCUT2D eigenvalue weighted by molar-refractivity contribution is 5.81. The number of likely N-dealkylation sites (N-methyl/N-ethyl adjacent to an activating group) is 2. The van der Waals surface area contributed by atoms with Gasteiger partial charge in [0, 0.05) is 37.8 Å². The molecule has 0 unspecified atom stereocenters. The molecule has 0 saturated carbocycles. The number of carbonyl (C=O) groups is 1. The molecule has 0 fully saturated rings. The van der Waals surface area contributed by atoms with Crippen molar-refractivity contribution in [2.45, 2.75) is 20.0 Å². The van der Waals surface area contributed by atoms with Crippen LogP contribution in [0.5, 0.6) is 11.5 Å². The number of nitrogens with one attached hydrogen (secondary N) is 1. The summed E-state index contributed by atoms with van der Waals surface area (Å²) in [4.78, 5) is 13.6. The summed E-state index contributed by atoms with van der Waals surface area (Å²) in [7, 11) is 3.67. The molecule has 6 heteroatoms. The van der Waals surface area contributed by atoms with Gasteiger partial charge < -0.3 is 24.4 Å². The summed E-state index contributed by atoms with van der Waals surface area (Å²) in [5, 5.41) is 3.30. The van der Waals surface area contributed by atoms with Gasteiger partial charge in [0.15, 0.2) is 6.29 Å². The topological polar surface area (TPSA) is 60.0 Å². The van der Waals surface area contributed by atoms with E-state index in [0.29, 0.717) is 31.1 Å². The van der Waals surface area contributed by atoms with E-state index in [-0.39, 0.29) is 0 Å². The van der Waals surface area contributed by atoms with Crippen molar-refractivity contribution in [3.8, 4) is 11.5 Å². The predicted octanol–water partition coefficient (Wildman–Crippen LogP) is 3.54. The Labute approximate surface area is 173 Å². The molecule has 29 heavy (non-hydrogen) atoms. The lowest BCUT2D eigenvalue weighted by molar-refractivity contribution is 0.105. The molecule has 6 nitrogen and oxygen atoms in total. The van der Waals surface area contributed by atoms with Crippen LogP contribution in [-0.4, -0.2) is 53.3 Å². The zero-order valence-corrected chi connectivity index (χ0v) is 17.6. The highest BCUT2D eigenvalue weighted by Gasteiger charge is 2.08. The molecular weight excluding hydrogens is 368 g/mol. The number of hydrogen-bond acceptors (Lipinski definition) is 6. The number of aldehydes is 1. The van der Waals surface area contributed by atoms with E-state index in [0.717, 1.165) is 49.3 Å². The normalized spacial score (nSPS) is 10.6. The molecule has 0 amide bonds. The number of nitrogens with zero attached hydrogens (tertiary/aromatic N) is 1. The molecule has 0 radical (unpaired) electrons. The third kappa shape index (κ3) is 7.40. The van der Waals surface area contributed by atoms with Gasteiger partial charge in [0.05, 0.1) is 32.5 Å². The van der Waals surface area contributed by atoms with E-state index in [4.69, 9.17) is 14.2 Å². The molecule has 2 rings (SSSR count). The van der Waals surface area contributed by atoms with Crippen LogP contribution in [0.1, 0.15) is 29.3 Å². The largest absolute Gasteiger partial charge is 0.496 e. The van der Waals surface area contributed by atoms with Crippen molar-refractivity contribution in [2.75, 3.05) is 51.9 Å². The molecule has 2 aromatic carbocycles. The third-order valence-electron chi connectivity index (χ3n) is 4.58. The summed E-state index contributed by atoms with van der Waals surface area (Å²) in [6, 6.07) is 13.5. The van der Waals surface area contributed by atoms with Gasteiger partial charge in [0.2, 0.25) is 0 Å². The second-order valence-electron chi connectivity index (χ2n) is 6.68. The lowest BCUT2D eigenvalue weighted by atomic mass is 10.2. The minimum Gasteiger partial charge on any atom is -0.496 e. The van der Waals surface area contributed by atoms with E-state index in [1.165, 1.54) is 0 Å². The molecule has 0 aliphatic heterocycles. The number of methoxy groups -OCH3 is 1. The van der Waals surface area contributed by atoms with Gasteiger partial charge in [-0.05, 0) is 30.8 Å². The molecule has 2 aromatic rings. The number of para-hydroxylation sites is 1. The number of anilines is 1.